The molecule has 0 amide bonds. The van der Waals surface area contributed by atoms with Crippen molar-refractivity contribution in [2.24, 2.45) is 4.19 Å². The van der Waals surface area contributed by atoms with E-state index in [4.69, 9.17) is 26.3 Å². The Morgan fingerprint density at radius 3 is 1.00 bits per heavy atom. The maximum absolute atomic E-state index is 10.3. The fourth-order valence-electron chi connectivity index (χ4n) is 0.249. The van der Waals surface area contributed by atoms with Gasteiger partial charge in [-0.15, -0.1) is 0 Å². The summed E-state index contributed by atoms with van der Waals surface area (Å²) in [7, 11) is -6.40. The summed E-state index contributed by atoms with van der Waals surface area (Å²) >= 11 is 0. The zero-order chi connectivity index (χ0) is 10.7. The van der Waals surface area contributed by atoms with Crippen molar-refractivity contribution in [3.05, 3.63) is 4.91 Å². The van der Waals surface area contributed by atoms with E-state index in [-0.39, 0.29) is 51.4 Å². The van der Waals surface area contributed by atoms with Gasteiger partial charge in [0.1, 0.15) is 0 Å². The number of nitroso groups, excluding NO2 is 1. The van der Waals surface area contributed by atoms with E-state index < -0.39 is 11.0 Å². The molecule has 0 unspecified atom stereocenters. The maximum atomic E-state index is 10.3. The van der Waals surface area contributed by atoms with Crippen molar-refractivity contribution in [2.75, 3.05) is 0 Å². The third-order valence-electron chi connectivity index (χ3n) is 1.13. The summed E-state index contributed by atoms with van der Waals surface area (Å²) in [5.41, 5.74) is 0. The molecule has 0 aromatic carbocycles. The first-order valence-electron chi connectivity index (χ1n) is 2.34. The van der Waals surface area contributed by atoms with Gasteiger partial charge in [0.2, 0.25) is 0 Å². The van der Waals surface area contributed by atoms with Gasteiger partial charge < -0.3 is 0 Å². The van der Waals surface area contributed by atoms with E-state index in [0.29, 0.717) is 0 Å². The van der Waals surface area contributed by atoms with Crippen molar-refractivity contribution in [1.82, 2.24) is 0 Å². The van der Waals surface area contributed by atoms with E-state index in [1.807, 2.05) is 4.19 Å². The summed E-state index contributed by atoms with van der Waals surface area (Å²) in [4.78, 5) is 14.9. The molecular formula is C5HFeKN6O. The molecule has 0 N–H and O–H groups in total. The van der Waals surface area contributed by atoms with Gasteiger partial charge in [0.25, 0.3) is 0 Å². The Hall–Kier alpha value is -0.794. The van der Waals surface area contributed by atoms with Crippen LogP contribution in [0.15, 0.2) is 4.19 Å². The molecule has 7 nitrogen and oxygen atoms in total. The fraction of sp³-hybridized carbons (Fsp3) is 0. The molecule has 0 aliphatic rings. The van der Waals surface area contributed by atoms with Crippen LogP contribution in [0.2, 0.25) is 0 Å². The minimum absolute atomic E-state index is 0. The molecule has 0 aliphatic carbocycles. The third-order valence-corrected chi connectivity index (χ3v) is 4.65. The summed E-state index contributed by atoms with van der Waals surface area (Å²) in [5.74, 6) is 0. The molecule has 0 fully saturated rings. The normalized spacial score (nSPS) is 12.8. The molecule has 0 saturated heterocycles. The summed E-state index contributed by atoms with van der Waals surface area (Å²) in [5, 5.41) is 42.5. The van der Waals surface area contributed by atoms with E-state index in [1.165, 1.54) is 0 Å². The zero-order valence-electron chi connectivity index (χ0n) is 5.95. The molecule has 0 saturated carbocycles. The van der Waals surface area contributed by atoms with Crippen molar-refractivity contribution < 1.29 is 11.0 Å². The van der Waals surface area contributed by atoms with Crippen LogP contribution in [0.3, 0.4) is 0 Å². The number of hydrogen-bond acceptors (Lipinski definition) is 7. The van der Waals surface area contributed by atoms with E-state index in [9.17, 15) is 4.91 Å². The van der Waals surface area contributed by atoms with E-state index in [0.717, 1.165) is 24.8 Å². The molecule has 0 spiro atoms. The molecule has 0 heterocycles. The molecule has 0 atom stereocenters. The second kappa shape index (κ2) is 3.75. The van der Waals surface area contributed by atoms with Crippen LogP contribution in [-0.2, 0) is 11.0 Å². The molecular weight excluding hydrogens is 255 g/mol. The van der Waals surface area contributed by atoms with Crippen molar-refractivity contribution >= 4 is 51.4 Å². The Morgan fingerprint density at radius 1 is 0.786 bits per heavy atom. The number of hydrogen-bond donors (Lipinski definition) is 0. The van der Waals surface area contributed by atoms with E-state index in [1.54, 1.807) is 0 Å². The number of nitrogens with zero attached hydrogens (tertiary/aromatic N) is 6. The second-order valence-electron chi connectivity index (χ2n) is 1.74. The van der Waals surface area contributed by atoms with Gasteiger partial charge in [0, 0.05) is 0 Å². The van der Waals surface area contributed by atoms with Crippen LogP contribution in [0, 0.1) is 56.1 Å². The molecule has 9 heteroatoms. The van der Waals surface area contributed by atoms with E-state index >= 15 is 0 Å². The Kier molecular flexibility index (Phi) is 4.20. The van der Waals surface area contributed by atoms with Crippen LogP contribution in [-0.4, -0.2) is 51.4 Å². The quantitative estimate of drug-likeness (QED) is 0.462. The average Bonchev–Trinajstić information content (AvgIpc) is 2.26. The minimum atomic E-state index is -6.40. The standard InChI is InChI=1S/5CN.Fe.K.NO.H/c5*1-2;;;1-2;/q;;;;;+1;;-1;. The Bertz CT molecular complexity index is 398. The van der Waals surface area contributed by atoms with Crippen LogP contribution < -0.4 is 0 Å². The molecule has 0 radical (unpaired) electrons. The second-order valence-corrected chi connectivity index (χ2v) is 7.17. The van der Waals surface area contributed by atoms with Crippen LogP contribution in [0.25, 0.3) is 0 Å². The van der Waals surface area contributed by atoms with Crippen molar-refractivity contribution in [2.45, 2.75) is 0 Å². The van der Waals surface area contributed by atoms with Crippen molar-refractivity contribution in [3.8, 4) is 24.8 Å². The van der Waals surface area contributed by atoms with Crippen LogP contribution in [0.4, 0.5) is 0 Å². The monoisotopic (exact) mass is 256 g/mol. The SMILES string of the molecule is N#[C][Fe]([C]#N)([C]#N)([C]#N)([C]#N)[N]=O.[KH]. The Balaban J connectivity index is 0. The van der Waals surface area contributed by atoms with Crippen molar-refractivity contribution in [1.29, 1.82) is 26.3 Å². The first kappa shape index (κ1) is 15.7. The van der Waals surface area contributed by atoms with Gasteiger partial charge in [0.15, 0.2) is 0 Å². The number of rotatable bonds is 1. The predicted octanol–water partition coefficient (Wildman–Crippen LogP) is -0.350. The van der Waals surface area contributed by atoms with E-state index in [2.05, 4.69) is 0 Å². The topological polar surface area (TPSA) is 148 Å². The zero-order valence-corrected chi connectivity index (χ0v) is 7.05. The van der Waals surface area contributed by atoms with Gasteiger partial charge in [-0.3, -0.25) is 0 Å². The Morgan fingerprint density at radius 2 is 1.00 bits per heavy atom. The van der Waals surface area contributed by atoms with Gasteiger partial charge in [0.05, 0.1) is 0 Å². The van der Waals surface area contributed by atoms with Gasteiger partial charge in [-0.2, -0.15) is 0 Å². The number of nitriles is 5. The summed E-state index contributed by atoms with van der Waals surface area (Å²) in [6.07, 6.45) is 0. The van der Waals surface area contributed by atoms with Crippen molar-refractivity contribution in [3.63, 3.8) is 0 Å². The summed E-state index contributed by atoms with van der Waals surface area (Å²) in [6.45, 7) is 0. The van der Waals surface area contributed by atoms with Crippen LogP contribution in [0.5, 0.6) is 0 Å². The predicted molar refractivity (Wildman–Crippen MR) is 41.0 cm³/mol. The van der Waals surface area contributed by atoms with Crippen LogP contribution >= 0.6 is 0 Å². The van der Waals surface area contributed by atoms with Gasteiger partial charge >= 0.3 is 123 Å². The van der Waals surface area contributed by atoms with Crippen LogP contribution in [0.1, 0.15) is 0 Å². The first-order chi connectivity index (χ1) is 5.97. The molecule has 0 aliphatic heterocycles. The summed E-state index contributed by atoms with van der Waals surface area (Å²) in [6, 6.07) is 0. The fourth-order valence-corrected chi connectivity index (χ4v) is 1.03. The molecule has 14 heavy (non-hydrogen) atoms. The van der Waals surface area contributed by atoms with Gasteiger partial charge in [-0.1, -0.05) is 0 Å². The molecule has 0 bridgehead atoms. The third kappa shape index (κ3) is 1.37. The average molecular weight is 256 g/mol. The van der Waals surface area contributed by atoms with Gasteiger partial charge in [-0.05, 0) is 0 Å². The first-order valence-corrected chi connectivity index (χ1v) is 5.60. The van der Waals surface area contributed by atoms with Gasteiger partial charge in [-0.25, -0.2) is 0 Å². The summed E-state index contributed by atoms with van der Waals surface area (Å²) < 4.78 is 1.97. The molecule has 66 valence electrons. The Labute approximate surface area is 121 Å². The molecule has 0 aromatic heterocycles. The molecule has 0 aromatic rings. The molecule has 0 rings (SSSR count).